The summed E-state index contributed by atoms with van der Waals surface area (Å²) >= 11 is 0. The molecule has 0 aliphatic heterocycles. The van der Waals surface area contributed by atoms with E-state index in [9.17, 15) is 28.1 Å². The molecule has 0 spiro atoms. The molecule has 11 heteroatoms. The number of rotatable bonds is 12. The predicted octanol–water partition coefficient (Wildman–Crippen LogP) is 2.66. The van der Waals surface area contributed by atoms with E-state index >= 15 is 0 Å². The fourth-order valence-electron chi connectivity index (χ4n) is 3.54. The molecule has 2 aromatic rings. The molecule has 0 radical (unpaired) electrons. The quantitative estimate of drug-likeness (QED) is 0.349. The number of nitro benzene ring substituents is 1. The Morgan fingerprint density at radius 2 is 1.80 bits per heavy atom. The molecule has 2 rings (SSSR count). The van der Waals surface area contributed by atoms with E-state index < -0.39 is 33.4 Å². The third-order valence-corrected chi connectivity index (χ3v) is 6.68. The Morgan fingerprint density at radius 3 is 2.37 bits per heavy atom. The molecule has 0 saturated heterocycles. The van der Waals surface area contributed by atoms with Gasteiger partial charge in [-0.2, -0.15) is 0 Å². The fraction of sp³-hybridized carbons (Fsp3) is 0.417. The number of hydrogen-bond acceptors (Lipinski definition) is 6. The average molecular weight is 505 g/mol. The number of benzene rings is 2. The third-order valence-electron chi connectivity index (χ3n) is 5.55. The van der Waals surface area contributed by atoms with Crippen molar-refractivity contribution in [1.29, 1.82) is 0 Å². The molecular formula is C24H32N4O6S. The molecule has 0 fully saturated rings. The van der Waals surface area contributed by atoms with E-state index in [1.807, 2.05) is 37.3 Å². The maximum atomic E-state index is 13.5. The van der Waals surface area contributed by atoms with E-state index in [0.29, 0.717) is 18.5 Å². The second-order valence-electron chi connectivity index (χ2n) is 8.29. The standard InChI is InChI=1S/C24H32N4O6S/c1-5-14-25-24(30)19(3)26(15-13-20-9-7-6-8-10-20)23(29)17-27(35(4,33)34)22-16-21(28(31)32)12-11-18(22)2/h6-12,16,19H,5,13-15,17H2,1-4H3,(H,25,30). The van der Waals surface area contributed by atoms with Crippen LogP contribution in [0.3, 0.4) is 0 Å². The van der Waals surface area contributed by atoms with Gasteiger partial charge in [0, 0.05) is 25.2 Å². The van der Waals surface area contributed by atoms with Gasteiger partial charge >= 0.3 is 0 Å². The van der Waals surface area contributed by atoms with Crippen molar-refractivity contribution in [2.75, 3.05) is 30.2 Å². The van der Waals surface area contributed by atoms with Crippen LogP contribution in [0.5, 0.6) is 0 Å². The minimum Gasteiger partial charge on any atom is -0.354 e. The van der Waals surface area contributed by atoms with Gasteiger partial charge in [-0.1, -0.05) is 43.3 Å². The van der Waals surface area contributed by atoms with Crippen molar-refractivity contribution in [2.24, 2.45) is 0 Å². The van der Waals surface area contributed by atoms with Gasteiger partial charge in [0.15, 0.2) is 0 Å². The van der Waals surface area contributed by atoms with Crippen molar-refractivity contribution in [3.63, 3.8) is 0 Å². The number of nitrogens with one attached hydrogen (secondary N) is 1. The van der Waals surface area contributed by atoms with Gasteiger partial charge in [-0.25, -0.2) is 8.42 Å². The summed E-state index contributed by atoms with van der Waals surface area (Å²) in [7, 11) is -3.98. The van der Waals surface area contributed by atoms with Crippen LogP contribution in [0.2, 0.25) is 0 Å². The van der Waals surface area contributed by atoms with Crippen molar-refractivity contribution in [3.8, 4) is 0 Å². The van der Waals surface area contributed by atoms with Gasteiger partial charge in [0.1, 0.15) is 12.6 Å². The van der Waals surface area contributed by atoms with E-state index in [-0.39, 0.29) is 23.8 Å². The largest absolute Gasteiger partial charge is 0.354 e. The molecule has 10 nitrogen and oxygen atoms in total. The lowest BCUT2D eigenvalue weighted by Crippen LogP contribution is -2.52. The number of carbonyl (C=O) groups is 2. The van der Waals surface area contributed by atoms with Crippen LogP contribution in [0.15, 0.2) is 48.5 Å². The number of hydrogen-bond donors (Lipinski definition) is 1. The monoisotopic (exact) mass is 504 g/mol. The molecule has 0 aromatic heterocycles. The molecule has 1 N–H and O–H groups in total. The van der Waals surface area contributed by atoms with Gasteiger partial charge in [0.25, 0.3) is 5.69 Å². The zero-order valence-corrected chi connectivity index (χ0v) is 21.2. The van der Waals surface area contributed by atoms with Crippen LogP contribution in [0.25, 0.3) is 0 Å². The summed E-state index contributed by atoms with van der Waals surface area (Å²) < 4.78 is 26.2. The lowest BCUT2D eigenvalue weighted by Gasteiger charge is -2.31. The van der Waals surface area contributed by atoms with Crippen LogP contribution in [0.1, 0.15) is 31.4 Å². The van der Waals surface area contributed by atoms with Crippen molar-refractivity contribution in [1.82, 2.24) is 10.2 Å². The molecule has 190 valence electrons. The highest BCUT2D eigenvalue weighted by Gasteiger charge is 2.30. The lowest BCUT2D eigenvalue weighted by molar-refractivity contribution is -0.384. The molecule has 2 aromatic carbocycles. The molecule has 1 unspecified atom stereocenters. The van der Waals surface area contributed by atoms with Crippen molar-refractivity contribution in [3.05, 3.63) is 69.8 Å². The summed E-state index contributed by atoms with van der Waals surface area (Å²) in [6.45, 7) is 5.16. The zero-order chi connectivity index (χ0) is 26.2. The molecule has 0 bridgehead atoms. The first kappa shape index (κ1) is 27.8. The first-order chi connectivity index (χ1) is 16.5. The number of carbonyl (C=O) groups excluding carboxylic acids is 2. The highest BCUT2D eigenvalue weighted by molar-refractivity contribution is 7.92. The smallest absolute Gasteiger partial charge is 0.271 e. The molecule has 1 atom stereocenters. The van der Waals surface area contributed by atoms with E-state index in [1.54, 1.807) is 13.8 Å². The maximum Gasteiger partial charge on any atom is 0.271 e. The summed E-state index contributed by atoms with van der Waals surface area (Å²) in [4.78, 5) is 38.1. The fourth-order valence-corrected chi connectivity index (χ4v) is 4.44. The van der Waals surface area contributed by atoms with Crippen LogP contribution < -0.4 is 9.62 Å². The molecule has 0 aliphatic carbocycles. The predicted molar refractivity (Wildman–Crippen MR) is 135 cm³/mol. The molecule has 0 heterocycles. The SMILES string of the molecule is CCCNC(=O)C(C)N(CCc1ccccc1)C(=O)CN(c1cc([N+](=O)[O-])ccc1C)S(C)(=O)=O. The summed E-state index contributed by atoms with van der Waals surface area (Å²) in [6.07, 6.45) is 2.13. The molecule has 0 saturated carbocycles. The molecule has 0 aliphatic rings. The van der Waals surface area contributed by atoms with Crippen molar-refractivity contribution < 1.29 is 22.9 Å². The Morgan fingerprint density at radius 1 is 1.14 bits per heavy atom. The number of aryl methyl sites for hydroxylation is 1. The second kappa shape index (κ2) is 12.3. The van der Waals surface area contributed by atoms with Gasteiger partial charge in [0.2, 0.25) is 21.8 Å². The van der Waals surface area contributed by atoms with Gasteiger partial charge < -0.3 is 10.2 Å². The number of non-ortho nitro benzene ring substituents is 1. The summed E-state index contributed by atoms with van der Waals surface area (Å²) in [5.41, 5.74) is 1.17. The van der Waals surface area contributed by atoms with Gasteiger partial charge in [0.05, 0.1) is 16.9 Å². The van der Waals surface area contributed by atoms with E-state index in [1.165, 1.54) is 17.0 Å². The summed E-state index contributed by atoms with van der Waals surface area (Å²) in [6, 6.07) is 12.4. The Labute approximate surface area is 206 Å². The van der Waals surface area contributed by atoms with Crippen LogP contribution in [0, 0.1) is 17.0 Å². The number of anilines is 1. The van der Waals surface area contributed by atoms with Crippen molar-refractivity contribution in [2.45, 2.75) is 39.7 Å². The maximum absolute atomic E-state index is 13.5. The third kappa shape index (κ3) is 7.78. The van der Waals surface area contributed by atoms with E-state index in [0.717, 1.165) is 28.6 Å². The topological polar surface area (TPSA) is 130 Å². The first-order valence-corrected chi connectivity index (χ1v) is 13.1. The van der Waals surface area contributed by atoms with Crippen LogP contribution in [-0.4, -0.2) is 62.0 Å². The number of sulfonamides is 1. The number of amides is 2. The summed E-state index contributed by atoms with van der Waals surface area (Å²) in [5, 5.41) is 14.0. The lowest BCUT2D eigenvalue weighted by atomic mass is 10.1. The second-order valence-corrected chi connectivity index (χ2v) is 10.2. The highest BCUT2D eigenvalue weighted by atomic mass is 32.2. The highest BCUT2D eigenvalue weighted by Crippen LogP contribution is 2.27. The normalized spacial score (nSPS) is 12.0. The zero-order valence-electron chi connectivity index (χ0n) is 20.4. The molecule has 35 heavy (non-hydrogen) atoms. The molecular weight excluding hydrogens is 472 g/mol. The average Bonchev–Trinajstić information content (AvgIpc) is 2.81. The first-order valence-electron chi connectivity index (χ1n) is 11.3. The van der Waals surface area contributed by atoms with Gasteiger partial charge in [-0.3, -0.25) is 24.0 Å². The Bertz CT molecular complexity index is 1150. The number of nitro groups is 1. The Hall–Kier alpha value is -3.47. The van der Waals surface area contributed by atoms with E-state index in [4.69, 9.17) is 0 Å². The van der Waals surface area contributed by atoms with Gasteiger partial charge in [-0.15, -0.1) is 0 Å². The van der Waals surface area contributed by atoms with Gasteiger partial charge in [-0.05, 0) is 37.8 Å². The minimum absolute atomic E-state index is 0.0427. The van der Waals surface area contributed by atoms with Crippen molar-refractivity contribution >= 4 is 33.2 Å². The Kier molecular flexibility index (Phi) is 9.76. The Balaban J connectivity index is 2.39. The minimum atomic E-state index is -3.98. The van der Waals surface area contributed by atoms with Crippen LogP contribution in [0.4, 0.5) is 11.4 Å². The van der Waals surface area contributed by atoms with E-state index in [2.05, 4.69) is 5.32 Å². The van der Waals surface area contributed by atoms with Crippen LogP contribution in [-0.2, 0) is 26.0 Å². The molecule has 2 amide bonds. The number of nitrogens with zero attached hydrogens (tertiary/aromatic N) is 3. The summed E-state index contributed by atoms with van der Waals surface area (Å²) in [5.74, 6) is -0.929. The van der Waals surface area contributed by atoms with Crippen LogP contribution >= 0.6 is 0 Å².